The Morgan fingerprint density at radius 2 is 2.00 bits per heavy atom. The normalized spacial score (nSPS) is 18.1. The Morgan fingerprint density at radius 1 is 1.32 bits per heavy atom. The maximum absolute atomic E-state index is 10.1. The molecule has 106 valence electrons. The number of benzene rings is 1. The molecule has 1 unspecified atom stereocenters. The zero-order chi connectivity index (χ0) is 13.7. The van der Waals surface area contributed by atoms with Crippen LogP contribution < -0.4 is 10.1 Å². The van der Waals surface area contributed by atoms with E-state index in [2.05, 4.69) is 5.32 Å². The van der Waals surface area contributed by atoms with E-state index in [-0.39, 0.29) is 12.0 Å². The second kappa shape index (κ2) is 6.37. The SMILES string of the molecule is COc1ccc(C(O)CNCC2(CCO)CC2)cc1. The number of rotatable bonds is 8. The highest BCUT2D eigenvalue weighted by Gasteiger charge is 2.41. The van der Waals surface area contributed by atoms with E-state index in [0.29, 0.717) is 6.54 Å². The van der Waals surface area contributed by atoms with Gasteiger partial charge in [-0.3, -0.25) is 0 Å². The van der Waals surface area contributed by atoms with Gasteiger partial charge in [0.15, 0.2) is 0 Å². The molecule has 0 aliphatic heterocycles. The molecular weight excluding hydrogens is 242 g/mol. The van der Waals surface area contributed by atoms with E-state index in [0.717, 1.165) is 24.3 Å². The van der Waals surface area contributed by atoms with Gasteiger partial charge in [0.1, 0.15) is 5.75 Å². The lowest BCUT2D eigenvalue weighted by Crippen LogP contribution is -2.28. The Morgan fingerprint density at radius 3 is 2.53 bits per heavy atom. The molecule has 1 atom stereocenters. The third kappa shape index (κ3) is 3.93. The molecule has 19 heavy (non-hydrogen) atoms. The van der Waals surface area contributed by atoms with Crippen molar-refractivity contribution in [3.8, 4) is 5.75 Å². The number of hydrogen-bond acceptors (Lipinski definition) is 4. The Kier molecular flexibility index (Phi) is 4.80. The number of hydrogen-bond donors (Lipinski definition) is 3. The fourth-order valence-electron chi connectivity index (χ4n) is 2.35. The highest BCUT2D eigenvalue weighted by atomic mass is 16.5. The molecule has 1 aromatic rings. The van der Waals surface area contributed by atoms with Crippen molar-refractivity contribution >= 4 is 0 Å². The van der Waals surface area contributed by atoms with E-state index in [1.165, 1.54) is 12.8 Å². The average molecular weight is 265 g/mol. The molecule has 4 heteroatoms. The minimum atomic E-state index is -0.504. The van der Waals surface area contributed by atoms with Crippen molar-refractivity contribution in [1.29, 1.82) is 0 Å². The van der Waals surface area contributed by atoms with Crippen molar-refractivity contribution in [2.45, 2.75) is 25.4 Å². The Labute approximate surface area is 114 Å². The van der Waals surface area contributed by atoms with Crippen molar-refractivity contribution in [3.63, 3.8) is 0 Å². The summed E-state index contributed by atoms with van der Waals surface area (Å²) < 4.78 is 5.09. The van der Waals surface area contributed by atoms with Gasteiger partial charge in [-0.15, -0.1) is 0 Å². The van der Waals surface area contributed by atoms with Crippen LogP contribution in [0.15, 0.2) is 24.3 Å². The first-order valence-corrected chi connectivity index (χ1v) is 6.83. The molecule has 1 aliphatic rings. The van der Waals surface area contributed by atoms with Crippen LogP contribution in [0.5, 0.6) is 5.75 Å². The molecule has 0 heterocycles. The Bertz CT molecular complexity index is 387. The van der Waals surface area contributed by atoms with Crippen molar-refractivity contribution in [2.24, 2.45) is 5.41 Å². The summed E-state index contributed by atoms with van der Waals surface area (Å²) in [5.41, 5.74) is 1.18. The van der Waals surface area contributed by atoms with E-state index in [4.69, 9.17) is 9.84 Å². The van der Waals surface area contributed by atoms with Gasteiger partial charge in [-0.2, -0.15) is 0 Å². The molecule has 0 saturated heterocycles. The average Bonchev–Trinajstić information content (AvgIpc) is 3.19. The summed E-state index contributed by atoms with van der Waals surface area (Å²) in [6.45, 7) is 1.67. The van der Waals surface area contributed by atoms with Gasteiger partial charge in [0.05, 0.1) is 13.2 Å². The number of nitrogens with one attached hydrogen (secondary N) is 1. The van der Waals surface area contributed by atoms with Gasteiger partial charge in [0, 0.05) is 19.7 Å². The monoisotopic (exact) mass is 265 g/mol. The lowest BCUT2D eigenvalue weighted by atomic mass is 10.0. The van der Waals surface area contributed by atoms with Crippen molar-refractivity contribution in [3.05, 3.63) is 29.8 Å². The largest absolute Gasteiger partial charge is 0.497 e. The van der Waals surface area contributed by atoms with Crippen LogP contribution in [0.3, 0.4) is 0 Å². The van der Waals surface area contributed by atoms with E-state index >= 15 is 0 Å². The molecule has 0 aromatic heterocycles. The van der Waals surface area contributed by atoms with Crippen LogP contribution in [0.2, 0.25) is 0 Å². The number of methoxy groups -OCH3 is 1. The van der Waals surface area contributed by atoms with E-state index in [1.807, 2.05) is 24.3 Å². The highest BCUT2D eigenvalue weighted by Crippen LogP contribution is 2.47. The van der Waals surface area contributed by atoms with Crippen LogP contribution in [0.4, 0.5) is 0 Å². The predicted octanol–water partition coefficient (Wildman–Crippen LogP) is 1.48. The smallest absolute Gasteiger partial charge is 0.118 e. The van der Waals surface area contributed by atoms with Crippen LogP contribution in [0.25, 0.3) is 0 Å². The topological polar surface area (TPSA) is 61.7 Å². The standard InChI is InChI=1S/C15H23NO3/c1-19-13-4-2-12(3-5-13)14(18)10-16-11-15(6-7-15)8-9-17/h2-5,14,16-18H,6-11H2,1H3. The van der Waals surface area contributed by atoms with Crippen LogP contribution in [-0.2, 0) is 0 Å². The lowest BCUT2D eigenvalue weighted by molar-refractivity contribution is 0.169. The first-order valence-electron chi connectivity index (χ1n) is 6.83. The predicted molar refractivity (Wildman–Crippen MR) is 74.2 cm³/mol. The zero-order valence-electron chi connectivity index (χ0n) is 11.4. The van der Waals surface area contributed by atoms with Gasteiger partial charge >= 0.3 is 0 Å². The first-order chi connectivity index (χ1) is 9.19. The molecule has 0 spiro atoms. The van der Waals surface area contributed by atoms with Crippen molar-refractivity contribution in [2.75, 3.05) is 26.8 Å². The number of aliphatic hydroxyl groups is 2. The van der Waals surface area contributed by atoms with Crippen LogP contribution >= 0.6 is 0 Å². The number of ether oxygens (including phenoxy) is 1. The molecule has 1 saturated carbocycles. The van der Waals surface area contributed by atoms with Crippen molar-refractivity contribution in [1.82, 2.24) is 5.32 Å². The summed E-state index contributed by atoms with van der Waals surface area (Å²) in [4.78, 5) is 0. The molecule has 3 N–H and O–H groups in total. The third-order valence-corrected chi connectivity index (χ3v) is 3.94. The fourth-order valence-corrected chi connectivity index (χ4v) is 2.35. The molecule has 2 rings (SSSR count). The quantitative estimate of drug-likeness (QED) is 0.666. The third-order valence-electron chi connectivity index (χ3n) is 3.94. The number of aliphatic hydroxyl groups excluding tert-OH is 2. The molecule has 0 radical (unpaired) electrons. The van der Waals surface area contributed by atoms with Crippen molar-refractivity contribution < 1.29 is 14.9 Å². The summed E-state index contributed by atoms with van der Waals surface area (Å²) in [5.74, 6) is 0.795. The Hall–Kier alpha value is -1.10. The minimum Gasteiger partial charge on any atom is -0.497 e. The maximum Gasteiger partial charge on any atom is 0.118 e. The molecule has 0 bridgehead atoms. The molecule has 1 aromatic carbocycles. The van der Waals surface area contributed by atoms with E-state index in [9.17, 15) is 5.11 Å². The maximum atomic E-state index is 10.1. The molecule has 1 aliphatic carbocycles. The van der Waals surface area contributed by atoms with E-state index < -0.39 is 6.10 Å². The van der Waals surface area contributed by atoms with Crippen LogP contribution in [-0.4, -0.2) is 37.0 Å². The summed E-state index contributed by atoms with van der Waals surface area (Å²) in [5, 5.41) is 22.4. The minimum absolute atomic E-state index is 0.253. The summed E-state index contributed by atoms with van der Waals surface area (Å²) >= 11 is 0. The van der Waals surface area contributed by atoms with Crippen LogP contribution in [0, 0.1) is 5.41 Å². The first kappa shape index (κ1) is 14.3. The molecule has 0 amide bonds. The van der Waals surface area contributed by atoms with Crippen LogP contribution in [0.1, 0.15) is 30.9 Å². The fraction of sp³-hybridized carbons (Fsp3) is 0.600. The van der Waals surface area contributed by atoms with Gasteiger partial charge in [0.2, 0.25) is 0 Å². The van der Waals surface area contributed by atoms with Gasteiger partial charge in [0.25, 0.3) is 0 Å². The molecule has 1 fully saturated rings. The van der Waals surface area contributed by atoms with E-state index in [1.54, 1.807) is 7.11 Å². The zero-order valence-corrected chi connectivity index (χ0v) is 11.4. The highest BCUT2D eigenvalue weighted by molar-refractivity contribution is 5.28. The second-order valence-corrected chi connectivity index (χ2v) is 5.39. The lowest BCUT2D eigenvalue weighted by Gasteiger charge is -2.17. The Balaban J connectivity index is 1.76. The second-order valence-electron chi connectivity index (χ2n) is 5.39. The summed E-state index contributed by atoms with van der Waals surface area (Å²) in [7, 11) is 1.63. The van der Waals surface area contributed by atoms with Gasteiger partial charge in [-0.1, -0.05) is 12.1 Å². The summed E-state index contributed by atoms with van der Waals surface area (Å²) in [6.07, 6.45) is 2.72. The summed E-state index contributed by atoms with van der Waals surface area (Å²) in [6, 6.07) is 7.47. The molecule has 4 nitrogen and oxygen atoms in total. The van der Waals surface area contributed by atoms with Gasteiger partial charge < -0.3 is 20.3 Å². The van der Waals surface area contributed by atoms with Gasteiger partial charge in [-0.05, 0) is 42.4 Å². The molecular formula is C15H23NO3. The van der Waals surface area contributed by atoms with Gasteiger partial charge in [-0.25, -0.2) is 0 Å².